The van der Waals surface area contributed by atoms with Gasteiger partial charge < -0.3 is 15.0 Å². The maximum absolute atomic E-state index is 12.6. The third kappa shape index (κ3) is 3.03. The van der Waals surface area contributed by atoms with Crippen molar-refractivity contribution in [2.45, 2.75) is 26.8 Å². The van der Waals surface area contributed by atoms with Gasteiger partial charge in [-0.3, -0.25) is 4.79 Å². The Hall–Kier alpha value is -2.56. The molecule has 5 nitrogen and oxygen atoms in total. The van der Waals surface area contributed by atoms with Gasteiger partial charge in [0.2, 0.25) is 5.78 Å². The van der Waals surface area contributed by atoms with E-state index in [1.807, 2.05) is 30.3 Å². The lowest BCUT2D eigenvalue weighted by atomic mass is 10.0. The van der Waals surface area contributed by atoms with Crippen LogP contribution in [0.15, 0.2) is 30.3 Å². The second-order valence-corrected chi connectivity index (χ2v) is 5.21. The van der Waals surface area contributed by atoms with Crippen LogP contribution in [0.2, 0.25) is 0 Å². The first kappa shape index (κ1) is 15.8. The molecule has 0 saturated heterocycles. The van der Waals surface area contributed by atoms with Crippen molar-refractivity contribution < 1.29 is 14.3 Å². The van der Waals surface area contributed by atoms with Gasteiger partial charge in [0, 0.05) is 11.4 Å². The number of anilines is 1. The number of methoxy groups -OCH3 is 1. The van der Waals surface area contributed by atoms with Crippen LogP contribution in [0.1, 0.15) is 39.0 Å². The molecule has 1 heterocycles. The van der Waals surface area contributed by atoms with Gasteiger partial charge in [-0.15, -0.1) is 0 Å². The first-order valence-corrected chi connectivity index (χ1v) is 7.09. The van der Waals surface area contributed by atoms with Crippen LogP contribution < -0.4 is 5.32 Å². The molecule has 0 aliphatic rings. The fourth-order valence-corrected chi connectivity index (χ4v) is 2.47. The zero-order valence-corrected chi connectivity index (χ0v) is 13.2. The highest BCUT2D eigenvalue weighted by Crippen LogP contribution is 2.21. The summed E-state index contributed by atoms with van der Waals surface area (Å²) in [5.74, 6) is -0.534. The summed E-state index contributed by atoms with van der Waals surface area (Å²) in [6.45, 7) is 5.30. The van der Waals surface area contributed by atoms with E-state index in [0.29, 0.717) is 22.5 Å². The summed E-state index contributed by atoms with van der Waals surface area (Å²) >= 11 is 0. The minimum atomic E-state index is -0.436. The minimum absolute atomic E-state index is 0.0976. The van der Waals surface area contributed by atoms with Crippen LogP contribution in [0.5, 0.6) is 0 Å². The molecule has 1 atom stereocenters. The van der Waals surface area contributed by atoms with Crippen molar-refractivity contribution >= 4 is 17.4 Å². The Labute approximate surface area is 129 Å². The van der Waals surface area contributed by atoms with E-state index in [4.69, 9.17) is 4.74 Å². The molecule has 0 fully saturated rings. The molecule has 2 N–H and O–H groups in total. The lowest BCUT2D eigenvalue weighted by molar-refractivity contribution is 0.0599. The van der Waals surface area contributed by atoms with Crippen molar-refractivity contribution in [1.82, 2.24) is 4.98 Å². The number of carbonyl (C=O) groups is 2. The van der Waals surface area contributed by atoms with Crippen LogP contribution in [0.25, 0.3) is 0 Å². The van der Waals surface area contributed by atoms with Crippen molar-refractivity contribution in [3.8, 4) is 0 Å². The summed E-state index contributed by atoms with van der Waals surface area (Å²) in [5.41, 5.74) is 3.00. The molecule has 2 aromatic rings. The average molecular weight is 300 g/mol. The van der Waals surface area contributed by atoms with Crippen LogP contribution in [0.4, 0.5) is 5.69 Å². The molecule has 0 aliphatic heterocycles. The Morgan fingerprint density at radius 3 is 2.41 bits per heavy atom. The lowest BCUT2D eigenvalue weighted by Crippen LogP contribution is -2.27. The van der Waals surface area contributed by atoms with E-state index in [2.05, 4.69) is 10.3 Å². The number of aromatic amines is 1. The first-order valence-electron chi connectivity index (χ1n) is 7.09. The number of nitrogens with one attached hydrogen (secondary N) is 2. The third-order valence-corrected chi connectivity index (χ3v) is 3.62. The number of hydrogen-bond donors (Lipinski definition) is 2. The molecule has 0 saturated carbocycles. The predicted octanol–water partition coefficient (Wildman–Crippen LogP) is 3.10. The number of ether oxygens (including phenoxy) is 1. The van der Waals surface area contributed by atoms with E-state index >= 15 is 0 Å². The van der Waals surface area contributed by atoms with Gasteiger partial charge in [0.1, 0.15) is 0 Å². The van der Waals surface area contributed by atoms with Crippen molar-refractivity contribution in [2.24, 2.45) is 0 Å². The summed E-state index contributed by atoms with van der Waals surface area (Å²) in [4.78, 5) is 27.4. The smallest absolute Gasteiger partial charge is 0.339 e. The maximum atomic E-state index is 12.6. The Morgan fingerprint density at radius 2 is 1.82 bits per heavy atom. The summed E-state index contributed by atoms with van der Waals surface area (Å²) < 4.78 is 4.76. The molecular weight excluding hydrogens is 280 g/mol. The van der Waals surface area contributed by atoms with Crippen molar-refractivity contribution in [3.05, 3.63) is 52.8 Å². The molecule has 2 rings (SSSR count). The van der Waals surface area contributed by atoms with Gasteiger partial charge in [0.25, 0.3) is 0 Å². The second kappa shape index (κ2) is 6.47. The number of rotatable bonds is 5. The van der Waals surface area contributed by atoms with Crippen LogP contribution >= 0.6 is 0 Å². The van der Waals surface area contributed by atoms with Gasteiger partial charge >= 0.3 is 5.97 Å². The fraction of sp³-hybridized carbons (Fsp3) is 0.294. The largest absolute Gasteiger partial charge is 0.465 e. The molecule has 22 heavy (non-hydrogen) atoms. The monoisotopic (exact) mass is 300 g/mol. The van der Waals surface area contributed by atoms with E-state index in [-0.39, 0.29) is 5.78 Å². The molecule has 0 aliphatic carbocycles. The number of carbonyl (C=O) groups excluding carboxylic acids is 2. The van der Waals surface area contributed by atoms with E-state index in [9.17, 15) is 9.59 Å². The summed E-state index contributed by atoms with van der Waals surface area (Å²) in [7, 11) is 1.33. The van der Waals surface area contributed by atoms with E-state index < -0.39 is 12.0 Å². The zero-order chi connectivity index (χ0) is 16.3. The normalized spacial score (nSPS) is 11.8. The number of benzene rings is 1. The fourth-order valence-electron chi connectivity index (χ4n) is 2.47. The standard InChI is InChI=1S/C17H20N2O3/c1-10-14(17(21)22-4)11(2)19-15(10)16(20)12(3)18-13-8-6-5-7-9-13/h5-9,12,18-19H,1-4H3/t12-/m0/s1. The van der Waals surface area contributed by atoms with Crippen LogP contribution in [0.3, 0.4) is 0 Å². The first-order chi connectivity index (χ1) is 10.5. The van der Waals surface area contributed by atoms with Gasteiger partial charge in [-0.25, -0.2) is 4.79 Å². The molecule has 0 spiro atoms. The van der Waals surface area contributed by atoms with Gasteiger partial charge in [-0.2, -0.15) is 0 Å². The van der Waals surface area contributed by atoms with Crippen LogP contribution in [-0.4, -0.2) is 29.9 Å². The number of hydrogen-bond acceptors (Lipinski definition) is 4. The molecular formula is C17H20N2O3. The highest BCUT2D eigenvalue weighted by atomic mass is 16.5. The number of esters is 1. The highest BCUT2D eigenvalue weighted by Gasteiger charge is 2.25. The number of ketones is 1. The zero-order valence-electron chi connectivity index (χ0n) is 13.2. The Kier molecular flexibility index (Phi) is 4.65. The van der Waals surface area contributed by atoms with Gasteiger partial charge in [-0.05, 0) is 38.5 Å². The average Bonchev–Trinajstić information content (AvgIpc) is 2.81. The molecule has 0 radical (unpaired) electrons. The van der Waals surface area contributed by atoms with Crippen LogP contribution in [0, 0.1) is 13.8 Å². The Morgan fingerprint density at radius 1 is 1.18 bits per heavy atom. The molecule has 0 bridgehead atoms. The number of H-pyrrole nitrogens is 1. The molecule has 0 unspecified atom stereocenters. The van der Waals surface area contributed by atoms with Gasteiger partial charge in [0.15, 0.2) is 0 Å². The molecule has 5 heteroatoms. The number of aromatic nitrogens is 1. The van der Waals surface area contributed by atoms with Crippen molar-refractivity contribution in [1.29, 1.82) is 0 Å². The Bertz CT molecular complexity index is 689. The third-order valence-electron chi connectivity index (χ3n) is 3.62. The van der Waals surface area contributed by atoms with Gasteiger partial charge in [-0.1, -0.05) is 18.2 Å². The Balaban J connectivity index is 2.24. The predicted molar refractivity (Wildman–Crippen MR) is 85.5 cm³/mol. The van der Waals surface area contributed by atoms with E-state index in [1.165, 1.54) is 7.11 Å². The van der Waals surface area contributed by atoms with Crippen LogP contribution in [-0.2, 0) is 4.74 Å². The highest BCUT2D eigenvalue weighted by molar-refractivity contribution is 6.04. The number of para-hydroxylation sites is 1. The summed E-state index contributed by atoms with van der Waals surface area (Å²) in [5, 5.41) is 3.15. The number of Topliss-reactive ketones (excluding diaryl/α,β-unsaturated/α-hetero) is 1. The van der Waals surface area contributed by atoms with Crippen molar-refractivity contribution in [2.75, 3.05) is 12.4 Å². The van der Waals surface area contributed by atoms with E-state index in [1.54, 1.807) is 20.8 Å². The SMILES string of the molecule is COC(=O)c1c(C)[nH]c(C(=O)[C@H](C)Nc2ccccc2)c1C. The number of aryl methyl sites for hydroxylation is 1. The van der Waals surface area contributed by atoms with Gasteiger partial charge in [0.05, 0.1) is 24.4 Å². The molecule has 0 amide bonds. The topological polar surface area (TPSA) is 71.2 Å². The van der Waals surface area contributed by atoms with E-state index in [0.717, 1.165) is 5.69 Å². The molecule has 116 valence electrons. The lowest BCUT2D eigenvalue weighted by Gasteiger charge is -2.14. The minimum Gasteiger partial charge on any atom is -0.465 e. The second-order valence-electron chi connectivity index (χ2n) is 5.21. The summed E-state index contributed by atoms with van der Waals surface area (Å²) in [6, 6.07) is 9.11. The molecule has 1 aromatic carbocycles. The quantitative estimate of drug-likeness (QED) is 0.657. The summed E-state index contributed by atoms with van der Waals surface area (Å²) in [6.07, 6.45) is 0. The van der Waals surface area contributed by atoms with Crippen molar-refractivity contribution in [3.63, 3.8) is 0 Å². The maximum Gasteiger partial charge on any atom is 0.339 e. The molecule has 1 aromatic heterocycles.